The van der Waals surface area contributed by atoms with Gasteiger partial charge in [0.05, 0.1) is 5.69 Å². The molecule has 1 aromatic carbocycles. The molecule has 1 N–H and O–H groups in total. The Labute approximate surface area is 97.9 Å². The van der Waals surface area contributed by atoms with E-state index in [1.54, 1.807) is 24.3 Å². The summed E-state index contributed by atoms with van der Waals surface area (Å²) in [6.45, 7) is 2.11. The molecule has 0 aliphatic carbocycles. The van der Waals surface area contributed by atoms with Crippen molar-refractivity contribution in [3.8, 4) is 0 Å². The third kappa shape index (κ3) is 3.48. The largest absolute Gasteiger partial charge is 0.359 e. The van der Waals surface area contributed by atoms with E-state index in [4.69, 9.17) is 4.55 Å². The van der Waals surface area contributed by atoms with Crippen LogP contribution < -0.4 is 4.31 Å². The molecule has 1 rings (SSSR count). The van der Waals surface area contributed by atoms with E-state index in [0.29, 0.717) is 11.0 Å². The molecule has 0 aliphatic heterocycles. The quantitative estimate of drug-likeness (QED) is 0.682. The van der Waals surface area contributed by atoms with Gasteiger partial charge in [-0.05, 0) is 19.1 Å². The van der Waals surface area contributed by atoms with E-state index in [-0.39, 0.29) is 6.54 Å². The molecule has 0 heterocycles. The van der Waals surface area contributed by atoms with Crippen molar-refractivity contribution in [3.63, 3.8) is 0 Å². The van der Waals surface area contributed by atoms with Gasteiger partial charge >= 0.3 is 10.3 Å². The van der Waals surface area contributed by atoms with E-state index in [0.717, 1.165) is 9.87 Å². The molecule has 0 radical (unpaired) electrons. The fourth-order valence-electron chi connectivity index (χ4n) is 1.17. The summed E-state index contributed by atoms with van der Waals surface area (Å²) in [6.07, 6.45) is 0. The molecule has 0 saturated carbocycles. The Hall–Kier alpha value is -0.590. The molecule has 0 spiro atoms. The molecule has 0 amide bonds. The van der Waals surface area contributed by atoms with Crippen LogP contribution in [0.25, 0.3) is 0 Å². The molecule has 6 heteroatoms. The second kappa shape index (κ2) is 4.96. The normalized spacial score (nSPS) is 11.4. The van der Waals surface area contributed by atoms with E-state index < -0.39 is 10.3 Å². The van der Waals surface area contributed by atoms with Gasteiger partial charge in [-0.2, -0.15) is 8.42 Å². The average Bonchev–Trinajstić information content (AvgIpc) is 2.14. The number of nitrogens with zero attached hydrogens (tertiary/aromatic N) is 1. The van der Waals surface area contributed by atoms with Gasteiger partial charge in [-0.1, -0.05) is 33.6 Å². The zero-order valence-corrected chi connectivity index (χ0v) is 10.6. The first-order chi connectivity index (χ1) is 6.95. The minimum Gasteiger partial charge on any atom is -0.269 e. The lowest BCUT2D eigenvalue weighted by molar-refractivity contribution is 0.479. The first-order valence-corrected chi connectivity index (χ1v) is 6.85. The Kier molecular flexibility index (Phi) is 4.12. The molecule has 0 bridgehead atoms. The van der Waals surface area contributed by atoms with Crippen LogP contribution in [0.15, 0.2) is 24.3 Å². The van der Waals surface area contributed by atoms with Crippen LogP contribution in [0.3, 0.4) is 0 Å². The fourth-order valence-corrected chi connectivity index (χ4v) is 2.46. The molecule has 1 aromatic rings. The highest BCUT2D eigenvalue weighted by atomic mass is 79.9. The lowest BCUT2D eigenvalue weighted by atomic mass is 10.2. The molecule has 0 saturated heterocycles. The average molecular weight is 294 g/mol. The predicted molar refractivity (Wildman–Crippen MR) is 63.9 cm³/mol. The van der Waals surface area contributed by atoms with Crippen molar-refractivity contribution in [2.75, 3.05) is 16.2 Å². The third-order valence-electron chi connectivity index (χ3n) is 1.89. The van der Waals surface area contributed by atoms with Crippen LogP contribution in [0.5, 0.6) is 0 Å². The number of hydrogen-bond acceptors (Lipinski definition) is 2. The number of halogens is 1. The minimum absolute atomic E-state index is 0.196. The maximum Gasteiger partial charge on any atom is 0.359 e. The predicted octanol–water partition coefficient (Wildman–Crippen LogP) is 2.00. The molecule has 0 fully saturated rings. The zero-order valence-electron chi connectivity index (χ0n) is 8.22. The van der Waals surface area contributed by atoms with Crippen LogP contribution in [-0.2, 0) is 10.3 Å². The summed E-state index contributed by atoms with van der Waals surface area (Å²) in [5.41, 5.74) is 1.50. The van der Waals surface area contributed by atoms with Crippen LogP contribution in [0, 0.1) is 6.92 Å². The van der Waals surface area contributed by atoms with Crippen molar-refractivity contribution in [2.45, 2.75) is 6.92 Å². The van der Waals surface area contributed by atoms with E-state index in [1.807, 2.05) is 6.92 Å². The first-order valence-electron chi connectivity index (χ1n) is 4.33. The Morgan fingerprint density at radius 3 is 2.27 bits per heavy atom. The number of anilines is 1. The monoisotopic (exact) mass is 293 g/mol. The van der Waals surface area contributed by atoms with Crippen LogP contribution in [0.1, 0.15) is 5.56 Å². The number of alkyl halides is 1. The summed E-state index contributed by atoms with van der Waals surface area (Å²) < 4.78 is 32.1. The number of hydrogen-bond donors (Lipinski definition) is 1. The number of benzene rings is 1. The molecule has 4 nitrogen and oxygen atoms in total. The van der Waals surface area contributed by atoms with Crippen LogP contribution in [-0.4, -0.2) is 24.8 Å². The third-order valence-corrected chi connectivity index (χ3v) is 3.19. The molecule has 0 aromatic heterocycles. The lowest BCUT2D eigenvalue weighted by Crippen LogP contribution is -2.31. The van der Waals surface area contributed by atoms with Crippen molar-refractivity contribution in [2.24, 2.45) is 0 Å². The summed E-state index contributed by atoms with van der Waals surface area (Å²) in [7, 11) is -4.19. The Morgan fingerprint density at radius 2 is 1.87 bits per heavy atom. The van der Waals surface area contributed by atoms with Gasteiger partial charge in [0.15, 0.2) is 0 Å². The molecular formula is C9H12BrNO3S. The van der Waals surface area contributed by atoms with Crippen molar-refractivity contribution < 1.29 is 13.0 Å². The van der Waals surface area contributed by atoms with Gasteiger partial charge < -0.3 is 0 Å². The molecule has 0 atom stereocenters. The van der Waals surface area contributed by atoms with Gasteiger partial charge in [0.1, 0.15) is 0 Å². The van der Waals surface area contributed by atoms with Crippen molar-refractivity contribution in [1.29, 1.82) is 0 Å². The maximum atomic E-state index is 11.1. The van der Waals surface area contributed by atoms with E-state index in [1.165, 1.54) is 0 Å². The molecule has 84 valence electrons. The Balaban J connectivity index is 3.05. The van der Waals surface area contributed by atoms with E-state index in [9.17, 15) is 8.42 Å². The number of rotatable bonds is 4. The Morgan fingerprint density at radius 1 is 1.33 bits per heavy atom. The van der Waals surface area contributed by atoms with E-state index in [2.05, 4.69) is 15.9 Å². The highest BCUT2D eigenvalue weighted by Crippen LogP contribution is 2.17. The van der Waals surface area contributed by atoms with Crippen LogP contribution in [0.4, 0.5) is 5.69 Å². The van der Waals surface area contributed by atoms with Gasteiger partial charge in [-0.3, -0.25) is 4.55 Å². The SMILES string of the molecule is Cc1ccc(N(CCBr)S(=O)(=O)O)cc1. The summed E-state index contributed by atoms with van der Waals surface area (Å²) in [5.74, 6) is 0. The van der Waals surface area contributed by atoms with Gasteiger partial charge in [0, 0.05) is 11.9 Å². The number of aryl methyl sites for hydroxylation is 1. The van der Waals surface area contributed by atoms with Gasteiger partial charge in [-0.25, -0.2) is 4.31 Å². The molecule has 0 unspecified atom stereocenters. The fraction of sp³-hybridized carbons (Fsp3) is 0.333. The van der Waals surface area contributed by atoms with Crippen molar-refractivity contribution in [3.05, 3.63) is 29.8 Å². The standard InChI is InChI=1S/C9H12BrNO3S/c1-8-2-4-9(5-3-8)11(7-6-10)15(12,13)14/h2-5H,6-7H2,1H3,(H,12,13,14). The zero-order chi connectivity index (χ0) is 11.5. The Bertz CT molecular complexity index is 415. The van der Waals surface area contributed by atoms with Gasteiger partial charge in [0.2, 0.25) is 0 Å². The minimum atomic E-state index is -4.19. The molecule has 15 heavy (non-hydrogen) atoms. The lowest BCUT2D eigenvalue weighted by Gasteiger charge is -2.19. The second-order valence-corrected chi connectivity index (χ2v) is 5.20. The van der Waals surface area contributed by atoms with Gasteiger partial charge in [-0.15, -0.1) is 0 Å². The summed E-state index contributed by atoms with van der Waals surface area (Å²) in [4.78, 5) is 0. The molecule has 0 aliphatic rings. The van der Waals surface area contributed by atoms with Crippen molar-refractivity contribution >= 4 is 31.9 Å². The summed E-state index contributed by atoms with van der Waals surface area (Å²) in [5, 5.41) is 0.459. The maximum absolute atomic E-state index is 11.1. The highest BCUT2D eigenvalue weighted by molar-refractivity contribution is 9.09. The van der Waals surface area contributed by atoms with Crippen LogP contribution in [0.2, 0.25) is 0 Å². The second-order valence-electron chi connectivity index (χ2n) is 3.07. The summed E-state index contributed by atoms with van der Waals surface area (Å²) >= 11 is 3.14. The topological polar surface area (TPSA) is 57.6 Å². The first kappa shape index (κ1) is 12.5. The smallest absolute Gasteiger partial charge is 0.269 e. The van der Waals surface area contributed by atoms with E-state index >= 15 is 0 Å². The highest BCUT2D eigenvalue weighted by Gasteiger charge is 2.18. The molecular weight excluding hydrogens is 282 g/mol. The van der Waals surface area contributed by atoms with Gasteiger partial charge in [0.25, 0.3) is 0 Å². The van der Waals surface area contributed by atoms with Crippen molar-refractivity contribution in [1.82, 2.24) is 0 Å². The van der Waals surface area contributed by atoms with Crippen LogP contribution >= 0.6 is 15.9 Å². The summed E-state index contributed by atoms with van der Waals surface area (Å²) in [6, 6.07) is 6.90.